The van der Waals surface area contributed by atoms with Crippen LogP contribution in [-0.2, 0) is 0 Å². The Balaban J connectivity index is 1.97. The van der Waals surface area contributed by atoms with E-state index in [1.54, 1.807) is 19.5 Å². The van der Waals surface area contributed by atoms with Gasteiger partial charge in [-0.1, -0.05) is 23.8 Å². The van der Waals surface area contributed by atoms with E-state index in [9.17, 15) is 0 Å². The summed E-state index contributed by atoms with van der Waals surface area (Å²) >= 11 is 0. The maximum absolute atomic E-state index is 5.05. The van der Waals surface area contributed by atoms with Gasteiger partial charge >= 0.3 is 0 Å². The highest BCUT2D eigenvalue weighted by molar-refractivity contribution is 5.93. The molecule has 2 aromatic heterocycles. The zero-order valence-corrected chi connectivity index (χ0v) is 11.4. The summed E-state index contributed by atoms with van der Waals surface area (Å²) < 4.78 is 5.05. The van der Waals surface area contributed by atoms with Gasteiger partial charge < -0.3 is 10.1 Å². The third kappa shape index (κ3) is 2.40. The number of anilines is 2. The number of aryl methyl sites for hydroxylation is 1. The van der Waals surface area contributed by atoms with Gasteiger partial charge in [0.2, 0.25) is 5.88 Å². The largest absolute Gasteiger partial charge is 0.481 e. The number of rotatable bonds is 3. The first kappa shape index (κ1) is 12.4. The van der Waals surface area contributed by atoms with Crippen LogP contribution in [0.5, 0.6) is 5.88 Å². The van der Waals surface area contributed by atoms with Crippen LogP contribution in [0.4, 0.5) is 11.5 Å². The zero-order valence-electron chi connectivity index (χ0n) is 11.4. The lowest BCUT2D eigenvalue weighted by molar-refractivity contribution is 0.398. The molecule has 4 heteroatoms. The van der Waals surface area contributed by atoms with Crippen LogP contribution in [0.2, 0.25) is 0 Å². The molecule has 0 aliphatic rings. The molecule has 0 bridgehead atoms. The van der Waals surface area contributed by atoms with E-state index >= 15 is 0 Å². The molecule has 3 rings (SSSR count). The topological polar surface area (TPSA) is 47.0 Å². The highest BCUT2D eigenvalue weighted by Gasteiger charge is 2.03. The van der Waals surface area contributed by atoms with E-state index in [-0.39, 0.29) is 0 Å². The number of fused-ring (bicyclic) bond motifs is 1. The van der Waals surface area contributed by atoms with Crippen molar-refractivity contribution in [1.29, 1.82) is 0 Å². The lowest BCUT2D eigenvalue weighted by Gasteiger charge is -2.09. The molecule has 1 aromatic carbocycles. The maximum Gasteiger partial charge on any atom is 0.213 e. The molecule has 0 spiro atoms. The summed E-state index contributed by atoms with van der Waals surface area (Å²) in [6, 6.07) is 12.1. The molecule has 0 unspecified atom stereocenters. The Bertz CT molecular complexity index is 738. The van der Waals surface area contributed by atoms with Crippen LogP contribution in [0.25, 0.3) is 10.8 Å². The first-order valence-electron chi connectivity index (χ1n) is 6.39. The minimum absolute atomic E-state index is 0.594. The predicted octanol–water partition coefficient (Wildman–Crippen LogP) is 3.69. The second-order valence-electron chi connectivity index (χ2n) is 4.60. The van der Waals surface area contributed by atoms with E-state index in [4.69, 9.17) is 4.74 Å². The molecule has 0 saturated heterocycles. The number of nitrogens with one attached hydrogen (secondary N) is 1. The number of aromatic nitrogens is 2. The quantitative estimate of drug-likeness (QED) is 0.784. The van der Waals surface area contributed by atoms with E-state index < -0.39 is 0 Å². The Morgan fingerprint density at radius 2 is 1.95 bits per heavy atom. The van der Waals surface area contributed by atoms with Crippen LogP contribution < -0.4 is 10.1 Å². The number of pyridine rings is 2. The summed E-state index contributed by atoms with van der Waals surface area (Å²) in [5, 5.41) is 5.55. The Morgan fingerprint density at radius 3 is 2.70 bits per heavy atom. The van der Waals surface area contributed by atoms with Crippen molar-refractivity contribution in [3.63, 3.8) is 0 Å². The third-order valence-electron chi connectivity index (χ3n) is 3.13. The van der Waals surface area contributed by atoms with Gasteiger partial charge in [0.25, 0.3) is 0 Å². The Hall–Kier alpha value is -2.62. The van der Waals surface area contributed by atoms with E-state index in [0.29, 0.717) is 5.88 Å². The fourth-order valence-electron chi connectivity index (χ4n) is 2.11. The third-order valence-corrected chi connectivity index (χ3v) is 3.13. The second-order valence-corrected chi connectivity index (χ2v) is 4.60. The number of hydrogen-bond acceptors (Lipinski definition) is 4. The normalized spacial score (nSPS) is 10.5. The standard InChI is InChI=1S/C16H15N3O/c1-11-3-5-14-12(9-11)7-8-17-16(14)19-13-4-6-15(20-2)18-10-13/h3-10H,1-2H3,(H,17,19). The minimum Gasteiger partial charge on any atom is -0.481 e. The average Bonchev–Trinajstić information content (AvgIpc) is 2.48. The monoisotopic (exact) mass is 265 g/mol. The van der Waals surface area contributed by atoms with Crippen molar-refractivity contribution in [2.75, 3.05) is 12.4 Å². The van der Waals surface area contributed by atoms with Crippen molar-refractivity contribution in [3.05, 3.63) is 54.4 Å². The van der Waals surface area contributed by atoms with Crippen molar-refractivity contribution in [2.24, 2.45) is 0 Å². The van der Waals surface area contributed by atoms with Crippen molar-refractivity contribution in [3.8, 4) is 5.88 Å². The average molecular weight is 265 g/mol. The van der Waals surface area contributed by atoms with Crippen LogP contribution in [0.15, 0.2) is 48.8 Å². The van der Waals surface area contributed by atoms with Crippen molar-refractivity contribution in [2.45, 2.75) is 6.92 Å². The molecule has 0 amide bonds. The van der Waals surface area contributed by atoms with Crippen LogP contribution in [0.3, 0.4) is 0 Å². The van der Waals surface area contributed by atoms with Crippen LogP contribution in [0.1, 0.15) is 5.56 Å². The van der Waals surface area contributed by atoms with Gasteiger partial charge in [0.15, 0.2) is 0 Å². The van der Waals surface area contributed by atoms with E-state index in [1.807, 2.05) is 18.2 Å². The molecule has 0 atom stereocenters. The minimum atomic E-state index is 0.594. The molecular weight excluding hydrogens is 250 g/mol. The number of hydrogen-bond donors (Lipinski definition) is 1. The van der Waals surface area contributed by atoms with Crippen LogP contribution >= 0.6 is 0 Å². The maximum atomic E-state index is 5.05. The van der Waals surface area contributed by atoms with Crippen LogP contribution in [0, 0.1) is 6.92 Å². The van der Waals surface area contributed by atoms with Gasteiger partial charge in [-0.3, -0.25) is 0 Å². The number of methoxy groups -OCH3 is 1. The highest BCUT2D eigenvalue weighted by atomic mass is 16.5. The Labute approximate surface area is 117 Å². The first-order chi connectivity index (χ1) is 9.76. The summed E-state index contributed by atoms with van der Waals surface area (Å²) in [4.78, 5) is 8.58. The predicted molar refractivity (Wildman–Crippen MR) is 80.6 cm³/mol. The molecule has 0 saturated carbocycles. The van der Waals surface area contributed by atoms with Crippen molar-refractivity contribution < 1.29 is 4.74 Å². The molecule has 0 radical (unpaired) electrons. The zero-order chi connectivity index (χ0) is 13.9. The summed E-state index contributed by atoms with van der Waals surface area (Å²) in [5.41, 5.74) is 2.12. The van der Waals surface area contributed by atoms with Gasteiger partial charge in [-0.25, -0.2) is 9.97 Å². The molecule has 3 aromatic rings. The fourth-order valence-corrected chi connectivity index (χ4v) is 2.11. The lowest BCUT2D eigenvalue weighted by atomic mass is 10.1. The summed E-state index contributed by atoms with van der Waals surface area (Å²) in [5.74, 6) is 1.42. The summed E-state index contributed by atoms with van der Waals surface area (Å²) in [6.07, 6.45) is 3.54. The van der Waals surface area contributed by atoms with Gasteiger partial charge in [-0.15, -0.1) is 0 Å². The fraction of sp³-hybridized carbons (Fsp3) is 0.125. The van der Waals surface area contributed by atoms with Gasteiger partial charge in [-0.2, -0.15) is 0 Å². The number of nitrogens with zero attached hydrogens (tertiary/aromatic N) is 2. The van der Waals surface area contributed by atoms with Gasteiger partial charge in [0.1, 0.15) is 5.82 Å². The molecule has 2 heterocycles. The lowest BCUT2D eigenvalue weighted by Crippen LogP contribution is -1.96. The molecule has 0 aliphatic heterocycles. The highest BCUT2D eigenvalue weighted by Crippen LogP contribution is 2.25. The van der Waals surface area contributed by atoms with Crippen molar-refractivity contribution in [1.82, 2.24) is 9.97 Å². The molecule has 4 nitrogen and oxygen atoms in total. The Kier molecular flexibility index (Phi) is 3.21. The summed E-state index contributed by atoms with van der Waals surface area (Å²) in [6.45, 7) is 2.08. The number of ether oxygens (including phenoxy) is 1. The Morgan fingerprint density at radius 1 is 1.05 bits per heavy atom. The molecule has 100 valence electrons. The second kappa shape index (κ2) is 5.17. The number of benzene rings is 1. The van der Waals surface area contributed by atoms with E-state index in [1.165, 1.54) is 10.9 Å². The molecule has 20 heavy (non-hydrogen) atoms. The van der Waals surface area contributed by atoms with E-state index in [2.05, 4.69) is 40.4 Å². The molecule has 0 fully saturated rings. The first-order valence-corrected chi connectivity index (χ1v) is 6.39. The van der Waals surface area contributed by atoms with E-state index in [0.717, 1.165) is 16.9 Å². The van der Waals surface area contributed by atoms with Gasteiger partial charge in [-0.05, 0) is 24.4 Å². The molecule has 0 aliphatic carbocycles. The van der Waals surface area contributed by atoms with Gasteiger partial charge in [0, 0.05) is 17.6 Å². The molecular formula is C16H15N3O. The summed E-state index contributed by atoms with van der Waals surface area (Å²) in [7, 11) is 1.60. The smallest absolute Gasteiger partial charge is 0.213 e. The van der Waals surface area contributed by atoms with Crippen LogP contribution in [-0.4, -0.2) is 17.1 Å². The van der Waals surface area contributed by atoms with Gasteiger partial charge in [0.05, 0.1) is 19.0 Å². The molecule has 1 N–H and O–H groups in total. The SMILES string of the molecule is COc1ccc(Nc2nccc3cc(C)ccc23)cn1. The van der Waals surface area contributed by atoms with Crippen molar-refractivity contribution >= 4 is 22.3 Å².